The summed E-state index contributed by atoms with van der Waals surface area (Å²) in [5, 5.41) is 5.98. The van der Waals surface area contributed by atoms with Gasteiger partial charge < -0.3 is 10.6 Å². The van der Waals surface area contributed by atoms with Crippen LogP contribution in [-0.2, 0) is 4.79 Å². The Balaban J connectivity index is 1.69. The minimum atomic E-state index is 0.751. The molecule has 1 amide bonds. The summed E-state index contributed by atoms with van der Waals surface area (Å²) < 4.78 is 0. The van der Waals surface area contributed by atoms with Crippen LogP contribution in [0.15, 0.2) is 0 Å². The van der Waals surface area contributed by atoms with Crippen molar-refractivity contribution >= 4 is 6.41 Å². The molecular weight excluding hydrogens is 140 g/mol. The van der Waals surface area contributed by atoms with E-state index in [1.807, 2.05) is 0 Å². The first-order valence-electron chi connectivity index (χ1n) is 4.31. The predicted molar refractivity (Wildman–Crippen MR) is 44.3 cm³/mol. The highest BCUT2D eigenvalue weighted by molar-refractivity contribution is 5.45. The van der Waals surface area contributed by atoms with Gasteiger partial charge in [0.05, 0.1) is 0 Å². The third kappa shape index (κ3) is 4.79. The van der Waals surface area contributed by atoms with Crippen LogP contribution < -0.4 is 10.6 Å². The Morgan fingerprint density at radius 3 is 2.82 bits per heavy atom. The number of carbonyl (C=O) groups is 1. The fourth-order valence-corrected chi connectivity index (χ4v) is 1.00. The monoisotopic (exact) mass is 156 g/mol. The van der Waals surface area contributed by atoms with Gasteiger partial charge in [0, 0.05) is 6.54 Å². The van der Waals surface area contributed by atoms with Crippen LogP contribution in [0.1, 0.15) is 19.3 Å². The SMILES string of the molecule is O=CNCCCNCC1CC1. The molecule has 11 heavy (non-hydrogen) atoms. The van der Waals surface area contributed by atoms with E-state index in [9.17, 15) is 4.79 Å². The van der Waals surface area contributed by atoms with Crippen LogP contribution in [0.3, 0.4) is 0 Å². The summed E-state index contributed by atoms with van der Waals surface area (Å²) in [7, 11) is 0. The number of amides is 1. The van der Waals surface area contributed by atoms with Gasteiger partial charge in [-0.25, -0.2) is 0 Å². The molecule has 1 fully saturated rings. The first-order valence-corrected chi connectivity index (χ1v) is 4.31. The van der Waals surface area contributed by atoms with Crippen molar-refractivity contribution in [1.29, 1.82) is 0 Å². The fourth-order valence-electron chi connectivity index (χ4n) is 1.00. The molecule has 0 aromatic heterocycles. The summed E-state index contributed by atoms with van der Waals surface area (Å²) in [4.78, 5) is 9.82. The van der Waals surface area contributed by atoms with Crippen LogP contribution in [-0.4, -0.2) is 26.0 Å². The molecule has 1 aliphatic rings. The van der Waals surface area contributed by atoms with Crippen LogP contribution in [0.4, 0.5) is 0 Å². The number of nitrogens with one attached hydrogen (secondary N) is 2. The molecule has 0 aromatic rings. The molecule has 3 heteroatoms. The maximum absolute atomic E-state index is 9.82. The number of hydrogen-bond donors (Lipinski definition) is 2. The average Bonchev–Trinajstić information content (AvgIpc) is 2.80. The van der Waals surface area contributed by atoms with Crippen molar-refractivity contribution in [2.75, 3.05) is 19.6 Å². The molecule has 0 bridgehead atoms. The lowest BCUT2D eigenvalue weighted by Crippen LogP contribution is -2.22. The number of carbonyl (C=O) groups excluding carboxylic acids is 1. The van der Waals surface area contributed by atoms with Gasteiger partial charge in [-0.05, 0) is 38.3 Å². The largest absolute Gasteiger partial charge is 0.359 e. The van der Waals surface area contributed by atoms with E-state index in [0.717, 1.165) is 31.8 Å². The van der Waals surface area contributed by atoms with Crippen molar-refractivity contribution in [1.82, 2.24) is 10.6 Å². The van der Waals surface area contributed by atoms with E-state index in [0.29, 0.717) is 0 Å². The van der Waals surface area contributed by atoms with Gasteiger partial charge in [0.1, 0.15) is 0 Å². The van der Waals surface area contributed by atoms with Gasteiger partial charge in [0.15, 0.2) is 0 Å². The third-order valence-corrected chi connectivity index (χ3v) is 1.89. The minimum Gasteiger partial charge on any atom is -0.359 e. The third-order valence-electron chi connectivity index (χ3n) is 1.89. The Morgan fingerprint density at radius 1 is 1.36 bits per heavy atom. The molecule has 0 saturated heterocycles. The molecule has 0 heterocycles. The van der Waals surface area contributed by atoms with E-state index in [1.54, 1.807) is 0 Å². The van der Waals surface area contributed by atoms with Gasteiger partial charge >= 0.3 is 0 Å². The highest BCUT2D eigenvalue weighted by atomic mass is 16.1. The number of rotatable bonds is 7. The van der Waals surface area contributed by atoms with Gasteiger partial charge in [0.25, 0.3) is 0 Å². The normalized spacial score (nSPS) is 16.4. The van der Waals surface area contributed by atoms with Gasteiger partial charge in [-0.15, -0.1) is 0 Å². The molecule has 2 N–H and O–H groups in total. The lowest BCUT2D eigenvalue weighted by atomic mass is 10.4. The van der Waals surface area contributed by atoms with Crippen molar-refractivity contribution in [3.05, 3.63) is 0 Å². The average molecular weight is 156 g/mol. The highest BCUT2D eigenvalue weighted by Crippen LogP contribution is 2.27. The van der Waals surface area contributed by atoms with Crippen LogP contribution in [0.5, 0.6) is 0 Å². The van der Waals surface area contributed by atoms with Crippen molar-refractivity contribution in [2.24, 2.45) is 5.92 Å². The summed E-state index contributed by atoms with van der Waals surface area (Å²) in [6.07, 6.45) is 4.59. The van der Waals surface area contributed by atoms with E-state index in [4.69, 9.17) is 0 Å². The quantitative estimate of drug-likeness (QED) is 0.406. The van der Waals surface area contributed by atoms with E-state index in [-0.39, 0.29) is 0 Å². The fraction of sp³-hybridized carbons (Fsp3) is 0.875. The van der Waals surface area contributed by atoms with Crippen LogP contribution in [0.25, 0.3) is 0 Å². The first kappa shape index (κ1) is 8.53. The lowest BCUT2D eigenvalue weighted by Gasteiger charge is -2.01. The zero-order valence-corrected chi connectivity index (χ0v) is 6.81. The Labute approximate surface area is 67.5 Å². The summed E-state index contributed by atoms with van der Waals surface area (Å²) in [6.45, 7) is 2.99. The molecule has 1 rings (SSSR count). The van der Waals surface area contributed by atoms with Crippen LogP contribution in [0, 0.1) is 5.92 Å². The lowest BCUT2D eigenvalue weighted by molar-refractivity contribution is -0.109. The first-order chi connectivity index (χ1) is 5.43. The topological polar surface area (TPSA) is 41.1 Å². The van der Waals surface area contributed by atoms with Gasteiger partial charge in [-0.3, -0.25) is 4.79 Å². The molecule has 0 aliphatic heterocycles. The maximum Gasteiger partial charge on any atom is 0.207 e. The van der Waals surface area contributed by atoms with Crippen LogP contribution >= 0.6 is 0 Å². The van der Waals surface area contributed by atoms with E-state index >= 15 is 0 Å². The second-order valence-electron chi connectivity index (χ2n) is 3.07. The number of hydrogen-bond acceptors (Lipinski definition) is 2. The van der Waals surface area contributed by atoms with Crippen molar-refractivity contribution in [3.8, 4) is 0 Å². The predicted octanol–water partition coefficient (Wildman–Crippen LogP) is 0.122. The molecule has 3 nitrogen and oxygen atoms in total. The van der Waals surface area contributed by atoms with Gasteiger partial charge in [-0.1, -0.05) is 0 Å². The Kier molecular flexibility index (Phi) is 3.98. The standard InChI is InChI=1S/C8H16N2O/c11-7-10-5-1-4-9-6-8-2-3-8/h7-9H,1-6H2,(H,10,11). The summed E-state index contributed by atoms with van der Waals surface area (Å²) in [5.74, 6) is 0.953. The minimum absolute atomic E-state index is 0.751. The molecule has 0 radical (unpaired) electrons. The summed E-state index contributed by atoms with van der Waals surface area (Å²) in [5.41, 5.74) is 0. The van der Waals surface area contributed by atoms with Crippen molar-refractivity contribution in [3.63, 3.8) is 0 Å². The molecule has 0 atom stereocenters. The van der Waals surface area contributed by atoms with E-state index in [1.165, 1.54) is 19.4 Å². The molecule has 0 spiro atoms. The second kappa shape index (κ2) is 5.13. The molecule has 1 aliphatic carbocycles. The van der Waals surface area contributed by atoms with Crippen molar-refractivity contribution in [2.45, 2.75) is 19.3 Å². The van der Waals surface area contributed by atoms with Crippen LogP contribution in [0.2, 0.25) is 0 Å². The molecule has 0 aromatic carbocycles. The van der Waals surface area contributed by atoms with Gasteiger partial charge in [-0.2, -0.15) is 0 Å². The van der Waals surface area contributed by atoms with E-state index < -0.39 is 0 Å². The second-order valence-corrected chi connectivity index (χ2v) is 3.07. The Morgan fingerprint density at radius 2 is 2.18 bits per heavy atom. The molecule has 0 unspecified atom stereocenters. The zero-order valence-electron chi connectivity index (χ0n) is 6.81. The highest BCUT2D eigenvalue weighted by Gasteiger charge is 2.19. The van der Waals surface area contributed by atoms with Gasteiger partial charge in [0.2, 0.25) is 6.41 Å². The molecule has 1 saturated carbocycles. The Bertz CT molecular complexity index is 113. The van der Waals surface area contributed by atoms with E-state index in [2.05, 4.69) is 10.6 Å². The summed E-state index contributed by atoms with van der Waals surface area (Å²) >= 11 is 0. The Hall–Kier alpha value is -0.570. The zero-order chi connectivity index (χ0) is 7.94. The molecule has 64 valence electrons. The molecular formula is C8H16N2O. The summed E-state index contributed by atoms with van der Waals surface area (Å²) in [6, 6.07) is 0. The maximum atomic E-state index is 9.82. The van der Waals surface area contributed by atoms with Crippen molar-refractivity contribution < 1.29 is 4.79 Å². The smallest absolute Gasteiger partial charge is 0.207 e.